The van der Waals surface area contributed by atoms with Crippen molar-refractivity contribution < 1.29 is 53.0 Å². The highest BCUT2D eigenvalue weighted by Crippen LogP contribution is 2.68. The first-order valence-corrected chi connectivity index (χ1v) is 38.1. The molecule has 470 valence electrons. The number of aromatic amines is 1. The van der Waals surface area contributed by atoms with Crippen molar-refractivity contribution in [3.05, 3.63) is 99.3 Å². The summed E-state index contributed by atoms with van der Waals surface area (Å²) in [5, 5.41) is 61.4. The van der Waals surface area contributed by atoms with E-state index in [9.17, 15) is 20.4 Å². The number of azide groups is 1. The van der Waals surface area contributed by atoms with E-state index in [1.54, 1.807) is 31.3 Å². The van der Waals surface area contributed by atoms with E-state index in [0.717, 1.165) is 50.4 Å². The fraction of sp³-hybridized carbons (Fsp3) is 0.661. The van der Waals surface area contributed by atoms with Crippen molar-refractivity contribution >= 4 is 51.0 Å². The molecule has 2 unspecified atom stereocenters. The number of likely N-dealkylation sites (N-methyl/N-ethyl adjacent to an activating group) is 1. The number of hydrogen-bond donors (Lipinski definition) is 6. The van der Waals surface area contributed by atoms with Gasteiger partial charge in [0.1, 0.15) is 17.4 Å². The van der Waals surface area contributed by atoms with Crippen molar-refractivity contribution in [2.24, 2.45) is 16.4 Å². The van der Waals surface area contributed by atoms with Crippen LogP contribution in [0.3, 0.4) is 0 Å². The van der Waals surface area contributed by atoms with Crippen molar-refractivity contribution in [3.63, 3.8) is 0 Å². The summed E-state index contributed by atoms with van der Waals surface area (Å²) in [4.78, 5) is 38.2. The number of ether oxygens (including phenoxy) is 5. The molecule has 6 N–H and O–H groups in total. The number of piperidine rings is 1. The zero-order valence-corrected chi connectivity index (χ0v) is 54.7. The smallest absolute Gasteiger partial charge is 0.322 e. The Hall–Kier alpha value is -4.48. The molecule has 0 radical (unpaired) electrons. The molecule has 21 nitrogen and oxygen atoms in total. The second-order valence-corrected chi connectivity index (χ2v) is 36.3. The second-order valence-electron chi connectivity index (χ2n) is 26.2. The third-order valence-electron chi connectivity index (χ3n) is 19.8. The summed E-state index contributed by atoms with van der Waals surface area (Å²) >= 11 is 1.60. The third-order valence-corrected chi connectivity index (χ3v) is 29.6. The lowest BCUT2D eigenvalue weighted by atomic mass is 9.47. The highest BCUT2D eigenvalue weighted by atomic mass is 32.2. The summed E-state index contributed by atoms with van der Waals surface area (Å²) in [6.45, 7) is 19.5. The zero-order valence-electron chi connectivity index (χ0n) is 51.8. The van der Waals surface area contributed by atoms with Gasteiger partial charge in [-0.15, -0.1) is 0 Å². The lowest BCUT2D eigenvalue weighted by Gasteiger charge is -2.65. The number of carbonyl (C=O) groups excluding carboxylic acids is 1. The quantitative estimate of drug-likeness (QED) is 0.00337. The van der Waals surface area contributed by atoms with Gasteiger partial charge < -0.3 is 58.1 Å². The number of esters is 1. The van der Waals surface area contributed by atoms with Crippen LogP contribution in [-0.4, -0.2) is 209 Å². The van der Waals surface area contributed by atoms with E-state index in [1.165, 1.54) is 7.11 Å². The summed E-state index contributed by atoms with van der Waals surface area (Å²) in [5.74, 6) is -0.0313. The van der Waals surface area contributed by atoms with Gasteiger partial charge in [0.05, 0.1) is 71.6 Å². The number of rotatable bonds is 27. The SMILES string of the molecule is CC[C@]1(O)C[C@@H]2CN(CCc3c([nH]c4ccccc34)[C@@](C(=O)OC)(c3cc4c(cc3OC)N(C)[C@@H]3[C@]45CCN4CC=C[C@@](CC)([C@@H](O)[C@]3(O)C(O)NCCC[Si](C)(C)O[Si](C)(C)CSc3ncc(COCCOCCOCCN=[N+]=[N-])cn3)[C@H]45)C2)C1. The van der Waals surface area contributed by atoms with Crippen LogP contribution in [0.5, 0.6) is 5.75 Å². The fourth-order valence-corrected chi connectivity index (χ4v) is 26.7. The van der Waals surface area contributed by atoms with Crippen LogP contribution in [0.15, 0.2) is 71.2 Å². The van der Waals surface area contributed by atoms with Crippen LogP contribution in [0, 0.1) is 11.3 Å². The maximum Gasteiger partial charge on any atom is 0.322 e. The number of para-hydroxylation sites is 1. The van der Waals surface area contributed by atoms with E-state index >= 15 is 4.79 Å². The number of anilines is 1. The number of fused-ring (bicyclic) bond motifs is 6. The maximum atomic E-state index is 15.6. The number of hydrogen-bond acceptors (Lipinski definition) is 19. The molecule has 0 amide bonds. The van der Waals surface area contributed by atoms with E-state index in [4.69, 9.17) is 33.3 Å². The molecule has 2 aromatic carbocycles. The van der Waals surface area contributed by atoms with Gasteiger partial charge in [-0.05, 0) is 125 Å². The number of aliphatic hydroxyl groups is 4. The molecule has 24 heteroatoms. The van der Waals surface area contributed by atoms with Crippen LogP contribution in [0.2, 0.25) is 32.2 Å². The highest BCUT2D eigenvalue weighted by molar-refractivity contribution is 8.00. The van der Waals surface area contributed by atoms with Gasteiger partial charge in [-0.3, -0.25) is 19.9 Å². The Morgan fingerprint density at radius 2 is 1.72 bits per heavy atom. The molecule has 10 rings (SSSR count). The molecular weight excluding hydrogens is 1150 g/mol. The number of nitrogens with zero attached hydrogens (tertiary/aromatic N) is 8. The van der Waals surface area contributed by atoms with Gasteiger partial charge in [-0.25, -0.2) is 9.97 Å². The minimum atomic E-state index is -2.26. The van der Waals surface area contributed by atoms with Gasteiger partial charge in [0.15, 0.2) is 27.4 Å². The maximum absolute atomic E-state index is 15.6. The molecular formula is C62H92N10O11SSi2. The zero-order chi connectivity index (χ0) is 61.3. The monoisotopic (exact) mass is 1240 g/mol. The third kappa shape index (κ3) is 12.0. The van der Waals surface area contributed by atoms with Crippen molar-refractivity contribution in [1.82, 2.24) is 30.1 Å². The lowest BCUT2D eigenvalue weighted by Crippen LogP contribution is -2.82. The summed E-state index contributed by atoms with van der Waals surface area (Å²) in [5.41, 5.74) is 8.05. The lowest BCUT2D eigenvalue weighted by molar-refractivity contribution is -0.242. The van der Waals surface area contributed by atoms with Crippen LogP contribution in [0.25, 0.3) is 21.3 Å². The summed E-state index contributed by atoms with van der Waals surface area (Å²) < 4.78 is 36.2. The van der Waals surface area contributed by atoms with Crippen LogP contribution in [0.4, 0.5) is 5.69 Å². The number of carbonyl (C=O) groups is 1. The first-order valence-electron chi connectivity index (χ1n) is 30.9. The number of methoxy groups -OCH3 is 2. The molecule has 3 fully saturated rings. The predicted octanol–water partition coefficient (Wildman–Crippen LogP) is 6.95. The topological polar surface area (TPSA) is 265 Å². The van der Waals surface area contributed by atoms with Crippen LogP contribution < -0.4 is 15.0 Å². The van der Waals surface area contributed by atoms with E-state index in [-0.39, 0.29) is 12.0 Å². The standard InChI is InChI=1S/C62H92N10O11SSi2/c1-10-58(76)34-42-35-61(56(75)79-5,51-45(18-24-71(38-42)40-58)44-16-12-13-17-48(44)68-51)47-32-46-49(33-50(47)78-4)70(3)53-60(46)20-25-72-23-14-19-59(11-2,52(60)72)54(73)62(53,77)55(74)64-21-15-31-85(6,7)83-86(8,9)41-84-57-65-36-43(37-66-57)39-82-30-29-81-28-27-80-26-22-67-69-63/h12-14,16-17,19,32-33,36-37,42,52-55,64,68,73-74,76-77H,10-11,15,18,20-31,34-35,38-41H2,1-9H3/t42-,52-,53+,54+,55?,58-,59+,60+,61-,62-/m0/s1. The Morgan fingerprint density at radius 3 is 2.44 bits per heavy atom. The van der Waals surface area contributed by atoms with E-state index in [0.29, 0.717) is 147 Å². The van der Waals surface area contributed by atoms with E-state index in [2.05, 4.69) is 108 Å². The van der Waals surface area contributed by atoms with Gasteiger partial charge in [-0.1, -0.05) is 61.1 Å². The minimum absolute atomic E-state index is 0.101. The average Bonchev–Trinajstić information content (AvgIpc) is 1.44. The molecule has 6 aliphatic rings. The molecule has 1 aliphatic carbocycles. The molecule has 4 aromatic rings. The largest absolute Gasteiger partial charge is 0.496 e. The van der Waals surface area contributed by atoms with Crippen molar-refractivity contribution in [2.45, 2.75) is 149 Å². The Morgan fingerprint density at radius 1 is 0.977 bits per heavy atom. The second kappa shape index (κ2) is 26.2. The summed E-state index contributed by atoms with van der Waals surface area (Å²) in [7, 11) is 0.586. The van der Waals surface area contributed by atoms with Gasteiger partial charge in [0.2, 0.25) is 0 Å². The molecule has 11 atom stereocenters. The number of nitrogens with one attached hydrogen (secondary N) is 2. The molecule has 5 aliphatic heterocycles. The first kappa shape index (κ1) is 64.5. The predicted molar refractivity (Wildman–Crippen MR) is 336 cm³/mol. The average molecular weight is 1240 g/mol. The van der Waals surface area contributed by atoms with Gasteiger partial charge in [-0.2, -0.15) is 0 Å². The van der Waals surface area contributed by atoms with Gasteiger partial charge in [0.25, 0.3) is 0 Å². The summed E-state index contributed by atoms with van der Waals surface area (Å²) in [6, 6.07) is 12.1. The number of aliphatic hydroxyl groups excluding tert-OH is 2. The highest BCUT2D eigenvalue weighted by Gasteiger charge is 2.78. The number of thioether (sulfide) groups is 1. The molecule has 86 heavy (non-hydrogen) atoms. The molecule has 2 aromatic heterocycles. The van der Waals surface area contributed by atoms with Crippen LogP contribution >= 0.6 is 11.8 Å². The van der Waals surface area contributed by atoms with Gasteiger partial charge >= 0.3 is 5.97 Å². The van der Waals surface area contributed by atoms with Crippen LogP contribution in [-0.2, 0) is 51.7 Å². The Bertz CT molecular complexity index is 3120. The van der Waals surface area contributed by atoms with Crippen molar-refractivity contribution in [2.75, 3.05) is 110 Å². The van der Waals surface area contributed by atoms with Crippen molar-refractivity contribution in [3.8, 4) is 5.75 Å². The normalized spacial score (nSPS) is 29.9. The Kier molecular flexibility index (Phi) is 19.6. The van der Waals surface area contributed by atoms with Gasteiger partial charge in [0, 0.05) is 119 Å². The van der Waals surface area contributed by atoms with E-state index in [1.807, 2.05) is 32.2 Å². The molecule has 7 heterocycles. The molecule has 1 saturated carbocycles. The molecule has 2 bridgehead atoms. The number of benzene rings is 2. The Balaban J connectivity index is 0.877. The number of aromatic nitrogens is 3. The van der Waals surface area contributed by atoms with Crippen molar-refractivity contribution in [1.29, 1.82) is 0 Å². The van der Waals surface area contributed by atoms with Crippen LogP contribution in [0.1, 0.15) is 80.3 Å². The first-order chi connectivity index (χ1) is 41.2. The summed E-state index contributed by atoms with van der Waals surface area (Å²) in [6.07, 6.45) is 8.77. The fourth-order valence-electron chi connectivity index (χ4n) is 16.4. The van der Waals surface area contributed by atoms with E-state index < -0.39 is 68.4 Å². The Labute approximate surface area is 512 Å². The molecule has 1 spiro atoms. The minimum Gasteiger partial charge on any atom is -0.496 e. The molecule has 2 saturated heterocycles. The number of H-pyrrole nitrogens is 1.